The maximum absolute atomic E-state index is 10.3. The molecule has 1 heterocycles. The van der Waals surface area contributed by atoms with Crippen molar-refractivity contribution in [2.24, 2.45) is 0 Å². The summed E-state index contributed by atoms with van der Waals surface area (Å²) in [5.74, 6) is 0. The van der Waals surface area contributed by atoms with Crippen LogP contribution in [-0.4, -0.2) is 30.0 Å². The van der Waals surface area contributed by atoms with E-state index in [0.29, 0.717) is 19.6 Å². The van der Waals surface area contributed by atoms with Crippen molar-refractivity contribution in [3.05, 3.63) is 34.3 Å². The van der Waals surface area contributed by atoms with Crippen molar-refractivity contribution >= 4 is 11.6 Å². The molecule has 18 heavy (non-hydrogen) atoms. The monoisotopic (exact) mass is 269 g/mol. The van der Waals surface area contributed by atoms with Crippen molar-refractivity contribution in [1.82, 2.24) is 5.32 Å². The topological polar surface area (TPSA) is 41.5 Å². The Balaban J connectivity index is 1.88. The van der Waals surface area contributed by atoms with Crippen molar-refractivity contribution in [3.8, 4) is 0 Å². The molecule has 0 aliphatic carbocycles. The van der Waals surface area contributed by atoms with E-state index in [0.717, 1.165) is 17.1 Å². The van der Waals surface area contributed by atoms with E-state index < -0.39 is 5.60 Å². The first-order chi connectivity index (χ1) is 8.51. The van der Waals surface area contributed by atoms with Crippen LogP contribution in [0.2, 0.25) is 5.02 Å². The smallest absolute Gasteiger partial charge is 0.105 e. The van der Waals surface area contributed by atoms with Gasteiger partial charge in [-0.25, -0.2) is 0 Å². The molecule has 1 aliphatic rings. The normalized spacial score (nSPS) is 27.7. The zero-order chi connectivity index (χ0) is 13.2. The van der Waals surface area contributed by atoms with Gasteiger partial charge in [0.05, 0.1) is 6.10 Å². The van der Waals surface area contributed by atoms with Gasteiger partial charge in [0.2, 0.25) is 0 Å². The summed E-state index contributed by atoms with van der Waals surface area (Å²) >= 11 is 5.92. The van der Waals surface area contributed by atoms with Crippen molar-refractivity contribution in [1.29, 1.82) is 0 Å². The van der Waals surface area contributed by atoms with Gasteiger partial charge in [-0.15, -0.1) is 0 Å². The average Bonchev–Trinajstić information content (AvgIpc) is 2.63. The van der Waals surface area contributed by atoms with Crippen LogP contribution in [0.1, 0.15) is 24.5 Å². The Morgan fingerprint density at radius 2 is 2.33 bits per heavy atom. The number of rotatable bonds is 4. The van der Waals surface area contributed by atoms with E-state index >= 15 is 0 Å². The fourth-order valence-corrected chi connectivity index (χ4v) is 2.50. The maximum Gasteiger partial charge on any atom is 0.105 e. The minimum absolute atomic E-state index is 0.101. The third-order valence-corrected chi connectivity index (χ3v) is 3.95. The summed E-state index contributed by atoms with van der Waals surface area (Å²) in [6.07, 6.45) is 0.595. The number of aliphatic hydroxyl groups is 1. The van der Waals surface area contributed by atoms with E-state index in [-0.39, 0.29) is 6.10 Å². The van der Waals surface area contributed by atoms with Gasteiger partial charge >= 0.3 is 0 Å². The van der Waals surface area contributed by atoms with E-state index in [1.54, 1.807) is 0 Å². The molecule has 3 nitrogen and oxygen atoms in total. The standard InChI is InChI=1S/C14H20ClNO2/c1-10-7-13(15)4-3-12(10)8-16-9-14(17)5-6-18-11(14)2/h3-4,7,11,16-17H,5-6,8-9H2,1-2H3. The molecule has 0 saturated carbocycles. The molecule has 2 N–H and O–H groups in total. The van der Waals surface area contributed by atoms with Crippen molar-refractivity contribution in [2.45, 2.75) is 38.5 Å². The molecular formula is C14H20ClNO2. The first kappa shape index (κ1) is 13.8. The number of halogens is 1. The summed E-state index contributed by atoms with van der Waals surface area (Å²) in [5.41, 5.74) is 1.63. The third kappa shape index (κ3) is 3.04. The van der Waals surface area contributed by atoms with E-state index in [1.807, 2.05) is 32.0 Å². The SMILES string of the molecule is Cc1cc(Cl)ccc1CNCC1(O)CCOC1C. The lowest BCUT2D eigenvalue weighted by Crippen LogP contribution is -2.45. The van der Waals surface area contributed by atoms with Gasteiger partial charge in [-0.2, -0.15) is 0 Å². The molecule has 1 fully saturated rings. The molecule has 0 spiro atoms. The molecule has 2 atom stereocenters. The van der Waals surface area contributed by atoms with Crippen molar-refractivity contribution in [2.75, 3.05) is 13.2 Å². The molecule has 1 aromatic carbocycles. The highest BCUT2D eigenvalue weighted by Gasteiger charge is 2.38. The molecule has 0 amide bonds. The Morgan fingerprint density at radius 1 is 1.56 bits per heavy atom. The minimum Gasteiger partial charge on any atom is -0.386 e. The lowest BCUT2D eigenvalue weighted by atomic mass is 9.96. The van der Waals surface area contributed by atoms with Gasteiger partial charge in [0.1, 0.15) is 5.60 Å². The minimum atomic E-state index is -0.736. The van der Waals surface area contributed by atoms with Gasteiger partial charge < -0.3 is 15.2 Å². The van der Waals surface area contributed by atoms with Gasteiger partial charge in [-0.1, -0.05) is 17.7 Å². The van der Waals surface area contributed by atoms with Gasteiger partial charge in [-0.05, 0) is 37.1 Å². The number of ether oxygens (including phenoxy) is 1. The number of hydrogen-bond acceptors (Lipinski definition) is 3. The van der Waals surface area contributed by atoms with Gasteiger partial charge in [-0.3, -0.25) is 0 Å². The molecular weight excluding hydrogens is 250 g/mol. The average molecular weight is 270 g/mol. The van der Waals surface area contributed by atoms with E-state index in [1.165, 1.54) is 5.56 Å². The van der Waals surface area contributed by atoms with Crippen LogP contribution in [0, 0.1) is 6.92 Å². The summed E-state index contributed by atoms with van der Waals surface area (Å²) in [4.78, 5) is 0. The molecule has 2 rings (SSSR count). The number of nitrogens with one attached hydrogen (secondary N) is 1. The van der Waals surface area contributed by atoms with Crippen LogP contribution in [0.5, 0.6) is 0 Å². The summed E-state index contributed by atoms with van der Waals surface area (Å²) in [7, 11) is 0. The number of benzene rings is 1. The summed E-state index contributed by atoms with van der Waals surface area (Å²) in [6.45, 7) is 5.88. The molecule has 4 heteroatoms. The fourth-order valence-electron chi connectivity index (χ4n) is 2.27. The molecule has 0 aromatic heterocycles. The number of aryl methyl sites for hydroxylation is 1. The first-order valence-corrected chi connectivity index (χ1v) is 6.69. The highest BCUT2D eigenvalue weighted by molar-refractivity contribution is 6.30. The van der Waals surface area contributed by atoms with Crippen LogP contribution in [0.25, 0.3) is 0 Å². The second-order valence-corrected chi connectivity index (χ2v) is 5.48. The molecule has 1 saturated heterocycles. The Kier molecular flexibility index (Phi) is 4.28. The maximum atomic E-state index is 10.3. The zero-order valence-electron chi connectivity index (χ0n) is 10.9. The Bertz CT molecular complexity index is 424. The van der Waals surface area contributed by atoms with E-state index in [2.05, 4.69) is 5.32 Å². The molecule has 1 aliphatic heterocycles. The van der Waals surface area contributed by atoms with Crippen LogP contribution in [0.4, 0.5) is 0 Å². The van der Waals surface area contributed by atoms with Gasteiger partial charge in [0, 0.05) is 31.1 Å². The second kappa shape index (κ2) is 5.57. The Morgan fingerprint density at radius 3 is 2.94 bits per heavy atom. The predicted octanol–water partition coefficient (Wildman–Crippen LogP) is 2.28. The molecule has 1 aromatic rings. The zero-order valence-corrected chi connectivity index (χ0v) is 11.6. The molecule has 0 bridgehead atoms. The summed E-state index contributed by atoms with van der Waals surface area (Å²) in [6, 6.07) is 5.86. The summed E-state index contributed by atoms with van der Waals surface area (Å²) < 4.78 is 5.40. The van der Waals surface area contributed by atoms with E-state index in [9.17, 15) is 5.11 Å². The van der Waals surface area contributed by atoms with Crippen LogP contribution in [0.15, 0.2) is 18.2 Å². The van der Waals surface area contributed by atoms with Crippen LogP contribution in [0.3, 0.4) is 0 Å². The Hall–Kier alpha value is -0.610. The highest BCUT2D eigenvalue weighted by Crippen LogP contribution is 2.25. The fraction of sp³-hybridized carbons (Fsp3) is 0.571. The lowest BCUT2D eigenvalue weighted by molar-refractivity contribution is -0.0263. The molecule has 2 unspecified atom stereocenters. The molecule has 100 valence electrons. The van der Waals surface area contributed by atoms with Crippen LogP contribution >= 0.6 is 11.6 Å². The van der Waals surface area contributed by atoms with Gasteiger partial charge in [0.15, 0.2) is 0 Å². The Labute approximate surface area is 113 Å². The highest BCUT2D eigenvalue weighted by atomic mass is 35.5. The molecule has 0 radical (unpaired) electrons. The summed E-state index contributed by atoms with van der Waals surface area (Å²) in [5, 5.41) is 14.4. The number of hydrogen-bond donors (Lipinski definition) is 2. The largest absolute Gasteiger partial charge is 0.386 e. The van der Waals surface area contributed by atoms with Crippen LogP contribution < -0.4 is 5.32 Å². The van der Waals surface area contributed by atoms with Crippen molar-refractivity contribution < 1.29 is 9.84 Å². The predicted molar refractivity (Wildman–Crippen MR) is 72.9 cm³/mol. The first-order valence-electron chi connectivity index (χ1n) is 6.31. The lowest BCUT2D eigenvalue weighted by Gasteiger charge is -2.26. The quantitative estimate of drug-likeness (QED) is 0.881. The third-order valence-electron chi connectivity index (χ3n) is 3.71. The van der Waals surface area contributed by atoms with E-state index in [4.69, 9.17) is 16.3 Å². The van der Waals surface area contributed by atoms with Crippen molar-refractivity contribution in [3.63, 3.8) is 0 Å². The second-order valence-electron chi connectivity index (χ2n) is 5.04. The van der Waals surface area contributed by atoms with Crippen LogP contribution in [-0.2, 0) is 11.3 Å². The van der Waals surface area contributed by atoms with Gasteiger partial charge in [0.25, 0.3) is 0 Å².